The largest absolute Gasteiger partial charge is 0.497 e. The second kappa shape index (κ2) is 6.95. The van der Waals surface area contributed by atoms with E-state index in [2.05, 4.69) is 58.5 Å². The first kappa shape index (κ1) is 13.6. The van der Waals surface area contributed by atoms with Crippen molar-refractivity contribution >= 4 is 15.9 Å². The number of hydrogen-bond donors (Lipinski definition) is 1. The molecule has 2 nitrogen and oxygen atoms in total. The molecule has 0 radical (unpaired) electrons. The van der Waals surface area contributed by atoms with E-state index >= 15 is 0 Å². The highest BCUT2D eigenvalue weighted by atomic mass is 79.9. The van der Waals surface area contributed by atoms with Gasteiger partial charge in [0.2, 0.25) is 0 Å². The van der Waals surface area contributed by atoms with Gasteiger partial charge in [-0.2, -0.15) is 0 Å². The van der Waals surface area contributed by atoms with Gasteiger partial charge in [-0.05, 0) is 43.0 Å². The van der Waals surface area contributed by atoms with Gasteiger partial charge in [-0.3, -0.25) is 0 Å². The maximum absolute atomic E-state index is 5.58. The topological polar surface area (TPSA) is 21.3 Å². The van der Waals surface area contributed by atoms with Crippen molar-refractivity contribution in [2.24, 2.45) is 0 Å². The van der Waals surface area contributed by atoms with E-state index < -0.39 is 0 Å². The number of benzene rings is 1. The van der Waals surface area contributed by atoms with Crippen LogP contribution in [0.5, 0.6) is 0 Å². The van der Waals surface area contributed by atoms with E-state index in [-0.39, 0.29) is 0 Å². The summed E-state index contributed by atoms with van der Waals surface area (Å²) in [5.74, 6) is 0. The molecule has 0 saturated heterocycles. The van der Waals surface area contributed by atoms with Crippen molar-refractivity contribution in [3.63, 3.8) is 0 Å². The summed E-state index contributed by atoms with van der Waals surface area (Å²) in [5.41, 5.74) is 1.34. The normalized spacial score (nSPS) is 20.4. The lowest BCUT2D eigenvalue weighted by molar-refractivity contribution is 0.119. The van der Waals surface area contributed by atoms with E-state index in [1.807, 2.05) is 6.26 Å². The molecule has 0 amide bonds. The molecule has 1 aliphatic rings. The summed E-state index contributed by atoms with van der Waals surface area (Å²) in [5, 5.41) is 3.60. The molecule has 0 bridgehead atoms. The van der Waals surface area contributed by atoms with Crippen LogP contribution in [0.15, 0.2) is 41.1 Å². The lowest BCUT2D eigenvalue weighted by Crippen LogP contribution is -2.31. The minimum absolute atomic E-state index is 0.319. The van der Waals surface area contributed by atoms with E-state index in [1.165, 1.54) is 5.56 Å². The zero-order chi connectivity index (χ0) is 12.8. The highest BCUT2D eigenvalue weighted by Gasteiger charge is 2.14. The lowest BCUT2D eigenvalue weighted by Gasteiger charge is -2.24. The molecule has 0 spiro atoms. The molecule has 1 heterocycles. The first-order chi connectivity index (χ1) is 8.79. The Balaban J connectivity index is 1.88. The fraction of sp³-hybridized carbons (Fsp3) is 0.467. The maximum Gasteiger partial charge on any atom is 0.110 e. The highest BCUT2D eigenvalue weighted by molar-refractivity contribution is 9.10. The molecular formula is C15H20BrNO. The quantitative estimate of drug-likeness (QED) is 0.881. The van der Waals surface area contributed by atoms with Crippen molar-refractivity contribution in [2.45, 2.75) is 38.3 Å². The van der Waals surface area contributed by atoms with E-state index in [1.54, 1.807) is 0 Å². The molecule has 0 saturated carbocycles. The Labute approximate surface area is 118 Å². The van der Waals surface area contributed by atoms with E-state index in [9.17, 15) is 0 Å². The lowest BCUT2D eigenvalue weighted by atomic mass is 10.0. The van der Waals surface area contributed by atoms with Gasteiger partial charge in [-0.25, -0.2) is 0 Å². The van der Waals surface area contributed by atoms with Gasteiger partial charge in [-0.1, -0.05) is 35.0 Å². The van der Waals surface area contributed by atoms with E-state index in [0.29, 0.717) is 12.1 Å². The summed E-state index contributed by atoms with van der Waals surface area (Å²) in [6, 6.07) is 8.95. The van der Waals surface area contributed by atoms with Crippen LogP contribution in [0.3, 0.4) is 0 Å². The molecule has 0 aliphatic carbocycles. The van der Waals surface area contributed by atoms with Gasteiger partial charge < -0.3 is 10.1 Å². The van der Waals surface area contributed by atoms with Crippen molar-refractivity contribution in [1.29, 1.82) is 0 Å². The van der Waals surface area contributed by atoms with Gasteiger partial charge >= 0.3 is 0 Å². The van der Waals surface area contributed by atoms with Crippen LogP contribution in [-0.2, 0) is 4.74 Å². The third-order valence-electron chi connectivity index (χ3n) is 3.30. The molecule has 18 heavy (non-hydrogen) atoms. The summed E-state index contributed by atoms with van der Waals surface area (Å²) in [6.07, 6.45) is 7.56. The molecule has 1 aliphatic heterocycles. The zero-order valence-corrected chi connectivity index (χ0v) is 12.3. The van der Waals surface area contributed by atoms with Gasteiger partial charge in [0.05, 0.1) is 6.26 Å². The molecule has 1 aromatic rings. The second-order valence-corrected chi connectivity index (χ2v) is 5.54. The Morgan fingerprint density at radius 2 is 2.17 bits per heavy atom. The van der Waals surface area contributed by atoms with Crippen LogP contribution in [0.4, 0.5) is 0 Å². The predicted molar refractivity (Wildman–Crippen MR) is 78.4 cm³/mol. The predicted octanol–water partition coefficient (Wildman–Crippen LogP) is 4.18. The van der Waals surface area contributed by atoms with Crippen LogP contribution in [0.1, 0.15) is 37.8 Å². The Morgan fingerprint density at radius 3 is 2.78 bits per heavy atom. The van der Waals surface area contributed by atoms with Crippen molar-refractivity contribution in [3.05, 3.63) is 46.6 Å². The minimum atomic E-state index is 0.319. The second-order valence-electron chi connectivity index (χ2n) is 4.63. The van der Waals surface area contributed by atoms with E-state index in [0.717, 1.165) is 30.3 Å². The molecule has 0 aromatic heterocycles. The van der Waals surface area contributed by atoms with Crippen LogP contribution < -0.4 is 5.32 Å². The molecule has 3 heteroatoms. The van der Waals surface area contributed by atoms with Gasteiger partial charge in [0, 0.05) is 17.1 Å². The van der Waals surface area contributed by atoms with E-state index in [4.69, 9.17) is 4.74 Å². The van der Waals surface area contributed by atoms with Crippen molar-refractivity contribution in [2.75, 3.05) is 6.54 Å². The average Bonchev–Trinajstić information content (AvgIpc) is 2.42. The summed E-state index contributed by atoms with van der Waals surface area (Å²) in [4.78, 5) is 0. The molecule has 98 valence electrons. The fourth-order valence-electron chi connectivity index (χ4n) is 2.20. The maximum atomic E-state index is 5.58. The number of hydrogen-bond acceptors (Lipinski definition) is 2. The van der Waals surface area contributed by atoms with Crippen molar-refractivity contribution < 1.29 is 4.74 Å². The molecule has 1 N–H and O–H groups in total. The van der Waals surface area contributed by atoms with Crippen LogP contribution in [0.2, 0.25) is 0 Å². The molecule has 2 rings (SSSR count). The van der Waals surface area contributed by atoms with Crippen LogP contribution in [0.25, 0.3) is 0 Å². The molecular weight excluding hydrogens is 290 g/mol. The number of nitrogens with one attached hydrogen (secondary N) is 1. The Hall–Kier alpha value is -0.800. The van der Waals surface area contributed by atoms with Crippen molar-refractivity contribution in [1.82, 2.24) is 5.32 Å². The smallest absolute Gasteiger partial charge is 0.110 e. The van der Waals surface area contributed by atoms with Crippen LogP contribution >= 0.6 is 15.9 Å². The molecule has 2 unspecified atom stereocenters. The Kier molecular flexibility index (Phi) is 5.26. The number of allylic oxidation sites excluding steroid dienone is 1. The SMILES string of the molecule is CCC(NCC1CCC=CO1)c1ccc(Br)cc1. The number of halogens is 1. The monoisotopic (exact) mass is 309 g/mol. The van der Waals surface area contributed by atoms with Crippen LogP contribution in [-0.4, -0.2) is 12.6 Å². The molecule has 0 fully saturated rings. The van der Waals surface area contributed by atoms with Crippen LogP contribution in [0, 0.1) is 0 Å². The summed E-state index contributed by atoms with van der Waals surface area (Å²) < 4.78 is 6.70. The van der Waals surface area contributed by atoms with Gasteiger partial charge in [0.1, 0.15) is 6.10 Å². The molecule has 1 aromatic carbocycles. The van der Waals surface area contributed by atoms with Crippen molar-refractivity contribution in [3.8, 4) is 0 Å². The summed E-state index contributed by atoms with van der Waals surface area (Å²) >= 11 is 3.47. The first-order valence-corrected chi connectivity index (χ1v) is 7.38. The fourth-order valence-corrected chi connectivity index (χ4v) is 2.47. The van der Waals surface area contributed by atoms with Gasteiger partial charge in [0.15, 0.2) is 0 Å². The summed E-state index contributed by atoms with van der Waals surface area (Å²) in [7, 11) is 0. The highest BCUT2D eigenvalue weighted by Crippen LogP contribution is 2.20. The first-order valence-electron chi connectivity index (χ1n) is 6.59. The number of rotatable bonds is 5. The Bertz CT molecular complexity index is 388. The minimum Gasteiger partial charge on any atom is -0.497 e. The zero-order valence-electron chi connectivity index (χ0n) is 10.7. The summed E-state index contributed by atoms with van der Waals surface area (Å²) in [6.45, 7) is 3.13. The third-order valence-corrected chi connectivity index (χ3v) is 3.82. The average molecular weight is 310 g/mol. The number of ether oxygens (including phenoxy) is 1. The third kappa shape index (κ3) is 3.85. The standard InChI is InChI=1S/C15H20BrNO/c1-2-15(12-6-8-13(16)9-7-12)17-11-14-5-3-4-10-18-14/h4,6-10,14-15,17H,2-3,5,11H2,1H3. The van der Waals surface area contributed by atoms with Gasteiger partial charge in [-0.15, -0.1) is 0 Å². The molecule has 2 atom stereocenters. The Morgan fingerprint density at radius 1 is 1.39 bits per heavy atom. The van der Waals surface area contributed by atoms with Gasteiger partial charge in [0.25, 0.3) is 0 Å².